The van der Waals surface area contributed by atoms with Gasteiger partial charge in [0.1, 0.15) is 17.3 Å². The normalized spacial score (nSPS) is 18.2. The maximum Gasteiger partial charge on any atom is 0.296 e. The first-order valence-corrected chi connectivity index (χ1v) is 9.64. The van der Waals surface area contributed by atoms with Gasteiger partial charge in [0.25, 0.3) is 11.7 Å². The second-order valence-corrected chi connectivity index (χ2v) is 7.50. The van der Waals surface area contributed by atoms with Crippen molar-refractivity contribution in [2.24, 2.45) is 0 Å². The highest BCUT2D eigenvalue weighted by Crippen LogP contribution is 2.41. The van der Waals surface area contributed by atoms with Gasteiger partial charge in [-0.3, -0.25) is 9.59 Å². The first-order chi connectivity index (χ1) is 14.4. The number of benzene rings is 2. The highest BCUT2D eigenvalue weighted by molar-refractivity contribution is 6.46. The third-order valence-corrected chi connectivity index (χ3v) is 5.56. The molecule has 30 heavy (non-hydrogen) atoms. The largest absolute Gasteiger partial charge is 0.507 e. The standard InChI is InChI=1S/C22H14Cl2FNO4/c23-16-8-5-13(10-17(16)24)19-18(20(27)12-3-6-14(25)7-4-12)21(28)22(29)26(19)11-15-2-1-9-30-15/h1-10,19,27H,11H2. The zero-order chi connectivity index (χ0) is 21.4. The molecule has 2 aromatic carbocycles. The van der Waals surface area contributed by atoms with E-state index in [1.165, 1.54) is 29.4 Å². The molecule has 152 valence electrons. The van der Waals surface area contributed by atoms with Crippen LogP contribution in [0.4, 0.5) is 4.39 Å². The molecule has 1 unspecified atom stereocenters. The second kappa shape index (κ2) is 7.97. The fraction of sp³-hybridized carbons (Fsp3) is 0.0909. The monoisotopic (exact) mass is 445 g/mol. The summed E-state index contributed by atoms with van der Waals surface area (Å²) >= 11 is 12.2. The van der Waals surface area contributed by atoms with Crippen LogP contribution >= 0.6 is 23.2 Å². The van der Waals surface area contributed by atoms with Crippen molar-refractivity contribution in [3.05, 3.63) is 99.2 Å². The predicted molar refractivity (Wildman–Crippen MR) is 109 cm³/mol. The third-order valence-electron chi connectivity index (χ3n) is 4.82. The minimum atomic E-state index is -0.935. The Balaban J connectivity index is 1.88. The summed E-state index contributed by atoms with van der Waals surface area (Å²) < 4.78 is 18.6. The summed E-state index contributed by atoms with van der Waals surface area (Å²) in [5, 5.41) is 11.4. The molecule has 1 amide bonds. The highest BCUT2D eigenvalue weighted by atomic mass is 35.5. The van der Waals surface area contributed by atoms with Gasteiger partial charge in [-0.15, -0.1) is 0 Å². The number of Topliss-reactive ketones (excluding diaryl/α,β-unsaturated/α-hetero) is 1. The van der Waals surface area contributed by atoms with Crippen LogP contribution in [0.2, 0.25) is 10.0 Å². The molecule has 3 aromatic rings. The van der Waals surface area contributed by atoms with Crippen molar-refractivity contribution < 1.29 is 23.5 Å². The molecule has 0 bridgehead atoms. The van der Waals surface area contributed by atoms with Crippen molar-refractivity contribution in [3.8, 4) is 0 Å². The summed E-state index contributed by atoms with van der Waals surface area (Å²) in [5.41, 5.74) is 0.563. The molecule has 1 aromatic heterocycles. The van der Waals surface area contributed by atoms with E-state index in [0.717, 1.165) is 12.1 Å². The summed E-state index contributed by atoms with van der Waals surface area (Å²) in [5.74, 6) is -2.11. The summed E-state index contributed by atoms with van der Waals surface area (Å²) in [6.45, 7) is 0.00266. The minimum absolute atomic E-state index is 0.00266. The molecule has 5 nitrogen and oxygen atoms in total. The Labute approximate surface area is 180 Å². The Morgan fingerprint density at radius 2 is 1.80 bits per heavy atom. The van der Waals surface area contributed by atoms with Crippen molar-refractivity contribution >= 4 is 40.7 Å². The highest BCUT2D eigenvalue weighted by Gasteiger charge is 2.46. The Hall–Kier alpha value is -3.09. The van der Waals surface area contributed by atoms with Gasteiger partial charge in [0.15, 0.2) is 0 Å². The van der Waals surface area contributed by atoms with Gasteiger partial charge < -0.3 is 14.4 Å². The molecule has 1 fully saturated rings. The zero-order valence-electron chi connectivity index (χ0n) is 15.3. The number of halogens is 3. The van der Waals surface area contributed by atoms with E-state index < -0.39 is 29.3 Å². The molecule has 4 rings (SSSR count). The molecular weight excluding hydrogens is 432 g/mol. The second-order valence-electron chi connectivity index (χ2n) is 6.69. The van der Waals surface area contributed by atoms with Crippen molar-refractivity contribution in [2.45, 2.75) is 12.6 Å². The molecule has 1 aliphatic heterocycles. The summed E-state index contributed by atoms with van der Waals surface area (Å²) in [4.78, 5) is 27.0. The van der Waals surface area contributed by atoms with Gasteiger partial charge in [0.05, 0.1) is 34.5 Å². The molecule has 0 saturated carbocycles. The number of aliphatic hydroxyl groups is 1. The number of carbonyl (C=O) groups excluding carboxylic acids is 2. The minimum Gasteiger partial charge on any atom is -0.507 e. The molecule has 1 N–H and O–H groups in total. The number of furan rings is 1. The van der Waals surface area contributed by atoms with Gasteiger partial charge in [-0.1, -0.05) is 29.3 Å². The number of hydrogen-bond acceptors (Lipinski definition) is 4. The lowest BCUT2D eigenvalue weighted by molar-refractivity contribution is -0.140. The van der Waals surface area contributed by atoms with E-state index in [1.54, 1.807) is 24.3 Å². The predicted octanol–water partition coefficient (Wildman–Crippen LogP) is 5.35. The van der Waals surface area contributed by atoms with E-state index in [1.807, 2.05) is 0 Å². The first kappa shape index (κ1) is 20.2. The van der Waals surface area contributed by atoms with Crippen LogP contribution in [-0.2, 0) is 16.1 Å². The smallest absolute Gasteiger partial charge is 0.296 e. The maximum atomic E-state index is 13.3. The molecule has 0 aliphatic carbocycles. The molecule has 2 heterocycles. The number of ketones is 1. The summed E-state index contributed by atoms with van der Waals surface area (Å²) in [6.07, 6.45) is 1.46. The van der Waals surface area contributed by atoms with Crippen molar-refractivity contribution in [3.63, 3.8) is 0 Å². The number of hydrogen-bond donors (Lipinski definition) is 1. The van der Waals surface area contributed by atoms with E-state index in [4.69, 9.17) is 27.6 Å². The lowest BCUT2D eigenvalue weighted by atomic mass is 9.95. The zero-order valence-corrected chi connectivity index (χ0v) is 16.8. The Morgan fingerprint density at radius 3 is 2.43 bits per heavy atom. The molecule has 0 radical (unpaired) electrons. The molecule has 0 spiro atoms. The molecule has 8 heteroatoms. The van der Waals surface area contributed by atoms with Crippen LogP contribution in [0, 0.1) is 5.82 Å². The third kappa shape index (κ3) is 3.60. The summed E-state index contributed by atoms with van der Waals surface area (Å²) in [6, 6.07) is 12.1. The Morgan fingerprint density at radius 1 is 1.07 bits per heavy atom. The van der Waals surface area contributed by atoms with E-state index in [-0.39, 0.29) is 22.7 Å². The summed E-state index contributed by atoms with van der Waals surface area (Å²) in [7, 11) is 0. The van der Waals surface area contributed by atoms with Crippen LogP contribution in [0.15, 0.2) is 70.9 Å². The van der Waals surface area contributed by atoms with Gasteiger partial charge in [0.2, 0.25) is 0 Å². The van der Waals surface area contributed by atoms with E-state index >= 15 is 0 Å². The quantitative estimate of drug-likeness (QED) is 0.333. The molecule has 1 saturated heterocycles. The number of likely N-dealkylation sites (tertiary alicyclic amines) is 1. The van der Waals surface area contributed by atoms with Crippen LogP contribution in [0.1, 0.15) is 22.9 Å². The van der Waals surface area contributed by atoms with E-state index in [0.29, 0.717) is 16.3 Å². The van der Waals surface area contributed by atoms with Crippen LogP contribution in [0.25, 0.3) is 5.76 Å². The molecular formula is C22H14Cl2FNO4. The molecule has 1 aliphatic rings. The van der Waals surface area contributed by atoms with Crippen molar-refractivity contribution in [1.82, 2.24) is 4.90 Å². The SMILES string of the molecule is O=C1C(=O)N(Cc2ccco2)C(c2ccc(Cl)c(Cl)c2)C1=C(O)c1ccc(F)cc1. The maximum absolute atomic E-state index is 13.3. The number of amides is 1. The number of nitrogens with zero attached hydrogens (tertiary/aromatic N) is 1. The number of aliphatic hydroxyl groups excluding tert-OH is 1. The fourth-order valence-electron chi connectivity index (χ4n) is 3.41. The van der Waals surface area contributed by atoms with Gasteiger partial charge in [-0.2, -0.15) is 0 Å². The number of rotatable bonds is 4. The van der Waals surface area contributed by atoms with Gasteiger partial charge in [0, 0.05) is 5.56 Å². The van der Waals surface area contributed by atoms with Crippen LogP contribution < -0.4 is 0 Å². The van der Waals surface area contributed by atoms with E-state index in [2.05, 4.69) is 0 Å². The first-order valence-electron chi connectivity index (χ1n) is 8.88. The van der Waals surface area contributed by atoms with Crippen LogP contribution in [0.5, 0.6) is 0 Å². The van der Waals surface area contributed by atoms with Gasteiger partial charge in [-0.25, -0.2) is 4.39 Å². The average Bonchev–Trinajstić information content (AvgIpc) is 3.33. The Bertz CT molecular complexity index is 1160. The number of carbonyl (C=O) groups is 2. The lowest BCUT2D eigenvalue weighted by Crippen LogP contribution is -2.29. The fourth-order valence-corrected chi connectivity index (χ4v) is 3.71. The van der Waals surface area contributed by atoms with Crippen LogP contribution in [-0.4, -0.2) is 21.7 Å². The van der Waals surface area contributed by atoms with E-state index in [9.17, 15) is 19.1 Å². The van der Waals surface area contributed by atoms with Crippen LogP contribution in [0.3, 0.4) is 0 Å². The molecule has 1 atom stereocenters. The topological polar surface area (TPSA) is 70.8 Å². The van der Waals surface area contributed by atoms with Crippen molar-refractivity contribution in [2.75, 3.05) is 0 Å². The van der Waals surface area contributed by atoms with Gasteiger partial charge in [-0.05, 0) is 54.1 Å². The average molecular weight is 446 g/mol. The van der Waals surface area contributed by atoms with Gasteiger partial charge >= 0.3 is 0 Å². The Kier molecular flexibility index (Phi) is 5.37. The lowest BCUT2D eigenvalue weighted by Gasteiger charge is -2.24. The van der Waals surface area contributed by atoms with Crippen molar-refractivity contribution in [1.29, 1.82) is 0 Å².